The number of esters is 2. The quantitative estimate of drug-likeness (QED) is 0.521. The summed E-state index contributed by atoms with van der Waals surface area (Å²) in [6.45, 7) is 15.7. The second-order valence-corrected chi connectivity index (χ2v) is 7.77. The Bertz CT molecular complexity index is 353. The van der Waals surface area contributed by atoms with E-state index in [-0.39, 0.29) is 17.4 Å². The topological polar surface area (TPSA) is 65.1 Å². The van der Waals surface area contributed by atoms with E-state index in [4.69, 9.17) is 14.2 Å². The molecule has 0 aliphatic carbocycles. The fraction of sp³-hybridized carbons (Fsp3) is 0.889. The maximum atomic E-state index is 11.2. The van der Waals surface area contributed by atoms with E-state index in [1.165, 1.54) is 0 Å². The average Bonchev–Trinajstić information content (AvgIpc) is 2.41. The lowest BCUT2D eigenvalue weighted by atomic mass is 9.97. The molecule has 0 aliphatic rings. The van der Waals surface area contributed by atoms with Crippen LogP contribution in [0, 0.1) is 10.8 Å². The molecule has 0 radical (unpaired) electrons. The third-order valence-electron chi connectivity index (χ3n) is 2.66. The minimum atomic E-state index is -0.411. The lowest BCUT2D eigenvalue weighted by molar-refractivity contribution is -0.154. The van der Waals surface area contributed by atoms with E-state index in [9.17, 15) is 9.59 Å². The molecule has 0 aromatic carbocycles. The summed E-state index contributed by atoms with van der Waals surface area (Å²) in [6, 6.07) is 0. The van der Waals surface area contributed by atoms with Gasteiger partial charge in [-0.15, -0.1) is 0 Å². The van der Waals surface area contributed by atoms with Crippen LogP contribution in [0.5, 0.6) is 0 Å². The number of hydrogen-bond acceptors (Lipinski definition) is 6. The summed E-state index contributed by atoms with van der Waals surface area (Å²) in [5, 5.41) is 0. The number of ether oxygens (including phenoxy) is 3. The number of nitrogens with zero attached hydrogens (tertiary/aromatic N) is 1. The summed E-state index contributed by atoms with van der Waals surface area (Å²) < 4.78 is 15.0. The number of carbonyl (C=O) groups excluding carboxylic acids is 2. The molecule has 0 aromatic heterocycles. The first-order chi connectivity index (χ1) is 10.8. The van der Waals surface area contributed by atoms with Gasteiger partial charge in [-0.25, -0.2) is 0 Å². The van der Waals surface area contributed by atoms with Gasteiger partial charge in [0.05, 0.1) is 17.4 Å². The van der Waals surface area contributed by atoms with Crippen molar-refractivity contribution < 1.29 is 23.8 Å². The van der Waals surface area contributed by atoms with E-state index in [2.05, 4.69) is 0 Å². The zero-order valence-corrected chi connectivity index (χ0v) is 17.0. The summed E-state index contributed by atoms with van der Waals surface area (Å²) >= 11 is 0. The Kier molecular flexibility index (Phi) is 12.8. The molecular formula is C18H37NO5. The van der Waals surface area contributed by atoms with Crippen LogP contribution in [-0.4, -0.2) is 63.9 Å². The van der Waals surface area contributed by atoms with E-state index in [1.807, 2.05) is 67.5 Å². The predicted octanol–water partition coefficient (Wildman–Crippen LogP) is 2.75. The summed E-state index contributed by atoms with van der Waals surface area (Å²) in [7, 11) is 3.90. The van der Waals surface area contributed by atoms with Crippen LogP contribution >= 0.6 is 0 Å². The molecule has 24 heavy (non-hydrogen) atoms. The highest BCUT2D eigenvalue weighted by Crippen LogP contribution is 2.15. The number of likely N-dealkylation sites (N-methyl/N-ethyl adjacent to an activating group) is 1. The van der Waals surface area contributed by atoms with Crippen LogP contribution < -0.4 is 0 Å². The van der Waals surface area contributed by atoms with Crippen molar-refractivity contribution >= 4 is 11.9 Å². The normalized spacial score (nSPS) is 11.6. The van der Waals surface area contributed by atoms with Gasteiger partial charge in [0.1, 0.15) is 13.2 Å². The molecule has 6 heteroatoms. The van der Waals surface area contributed by atoms with Crippen LogP contribution in [0.2, 0.25) is 0 Å². The summed E-state index contributed by atoms with van der Waals surface area (Å²) in [4.78, 5) is 24.3. The van der Waals surface area contributed by atoms with Crippen molar-refractivity contribution in [1.82, 2.24) is 4.90 Å². The molecule has 6 nitrogen and oxygen atoms in total. The molecule has 0 spiro atoms. The predicted molar refractivity (Wildman–Crippen MR) is 95.9 cm³/mol. The third-order valence-corrected chi connectivity index (χ3v) is 2.66. The molecule has 0 N–H and O–H groups in total. The smallest absolute Gasteiger partial charge is 0.311 e. The molecule has 0 amide bonds. The van der Waals surface area contributed by atoms with E-state index in [0.29, 0.717) is 26.4 Å². The fourth-order valence-electron chi connectivity index (χ4n) is 1.09. The number of carbonyl (C=O) groups is 2. The number of rotatable bonds is 7. The van der Waals surface area contributed by atoms with Crippen LogP contribution in [-0.2, 0) is 23.8 Å². The van der Waals surface area contributed by atoms with E-state index < -0.39 is 5.41 Å². The fourth-order valence-corrected chi connectivity index (χ4v) is 1.09. The second kappa shape index (κ2) is 12.3. The SMILES string of the molecule is CCOCCOC(=O)C(C)(C)C.CN(C)CCOC(=O)C(C)(C)C. The molecule has 0 bridgehead atoms. The molecule has 0 saturated heterocycles. The molecule has 0 atom stereocenters. The average molecular weight is 347 g/mol. The van der Waals surface area contributed by atoms with Crippen molar-refractivity contribution in [2.75, 3.05) is 47.1 Å². The van der Waals surface area contributed by atoms with Crippen molar-refractivity contribution in [2.24, 2.45) is 10.8 Å². The Labute approximate surface area is 147 Å². The van der Waals surface area contributed by atoms with Crippen LogP contribution in [0.4, 0.5) is 0 Å². The molecule has 0 aromatic rings. The zero-order valence-electron chi connectivity index (χ0n) is 17.0. The summed E-state index contributed by atoms with van der Waals surface area (Å²) in [5.74, 6) is -0.313. The van der Waals surface area contributed by atoms with Crippen molar-refractivity contribution in [3.8, 4) is 0 Å². The zero-order chi connectivity index (χ0) is 19.4. The van der Waals surface area contributed by atoms with Crippen molar-refractivity contribution in [3.63, 3.8) is 0 Å². The first-order valence-corrected chi connectivity index (χ1v) is 8.39. The first-order valence-electron chi connectivity index (χ1n) is 8.39. The highest BCUT2D eigenvalue weighted by molar-refractivity contribution is 5.75. The van der Waals surface area contributed by atoms with E-state index >= 15 is 0 Å². The molecule has 0 fully saturated rings. The Hall–Kier alpha value is -1.14. The molecule has 144 valence electrons. The molecule has 0 unspecified atom stereocenters. The van der Waals surface area contributed by atoms with Crippen LogP contribution in [0.25, 0.3) is 0 Å². The maximum absolute atomic E-state index is 11.2. The Morgan fingerprint density at radius 3 is 1.54 bits per heavy atom. The summed E-state index contributed by atoms with van der Waals surface area (Å²) in [6.07, 6.45) is 0. The van der Waals surface area contributed by atoms with Gasteiger partial charge in [-0.3, -0.25) is 9.59 Å². The molecule has 0 saturated carbocycles. The van der Waals surface area contributed by atoms with Crippen molar-refractivity contribution in [1.29, 1.82) is 0 Å². The first kappa shape index (κ1) is 25.1. The van der Waals surface area contributed by atoms with Crippen LogP contribution in [0.1, 0.15) is 48.5 Å². The van der Waals surface area contributed by atoms with Gasteiger partial charge in [0, 0.05) is 13.2 Å². The minimum Gasteiger partial charge on any atom is -0.464 e. The molecular weight excluding hydrogens is 310 g/mol. The highest BCUT2D eigenvalue weighted by Gasteiger charge is 2.23. The van der Waals surface area contributed by atoms with Gasteiger partial charge in [0.15, 0.2) is 0 Å². The van der Waals surface area contributed by atoms with Gasteiger partial charge in [0.2, 0.25) is 0 Å². The van der Waals surface area contributed by atoms with E-state index in [1.54, 1.807) is 0 Å². The van der Waals surface area contributed by atoms with Gasteiger partial charge < -0.3 is 19.1 Å². The van der Waals surface area contributed by atoms with E-state index in [0.717, 1.165) is 6.54 Å². The molecule has 0 rings (SSSR count). The van der Waals surface area contributed by atoms with Crippen LogP contribution in [0.15, 0.2) is 0 Å². The van der Waals surface area contributed by atoms with Gasteiger partial charge in [0.25, 0.3) is 0 Å². The van der Waals surface area contributed by atoms with Crippen molar-refractivity contribution in [3.05, 3.63) is 0 Å². The lowest BCUT2D eigenvalue weighted by Gasteiger charge is -2.17. The number of hydrogen-bond donors (Lipinski definition) is 0. The minimum absolute atomic E-state index is 0.135. The second-order valence-electron chi connectivity index (χ2n) is 7.77. The van der Waals surface area contributed by atoms with Gasteiger partial charge in [-0.05, 0) is 62.6 Å². The standard InChI is InChI=1S/C9H19NO2.C9H18O3/c1-9(2,3)8(11)12-7-6-10(4)5;1-5-11-6-7-12-8(10)9(2,3)4/h6-7H2,1-5H3;5-7H2,1-4H3. The summed E-state index contributed by atoms with van der Waals surface area (Å²) in [5.41, 5.74) is -0.793. The van der Waals surface area contributed by atoms with Crippen molar-refractivity contribution in [2.45, 2.75) is 48.5 Å². The highest BCUT2D eigenvalue weighted by atomic mass is 16.6. The third kappa shape index (κ3) is 15.7. The van der Waals surface area contributed by atoms with Gasteiger partial charge in [-0.1, -0.05) is 0 Å². The largest absolute Gasteiger partial charge is 0.464 e. The molecule has 0 aliphatic heterocycles. The Morgan fingerprint density at radius 1 is 0.792 bits per heavy atom. The Morgan fingerprint density at radius 2 is 1.21 bits per heavy atom. The molecule has 0 heterocycles. The van der Waals surface area contributed by atoms with Crippen LogP contribution in [0.3, 0.4) is 0 Å². The maximum Gasteiger partial charge on any atom is 0.311 e. The Balaban J connectivity index is 0. The van der Waals surface area contributed by atoms with Gasteiger partial charge in [-0.2, -0.15) is 0 Å². The van der Waals surface area contributed by atoms with Gasteiger partial charge >= 0.3 is 11.9 Å². The monoisotopic (exact) mass is 347 g/mol. The lowest BCUT2D eigenvalue weighted by Crippen LogP contribution is -2.27.